The molecule has 1 amide bonds. The lowest BCUT2D eigenvalue weighted by Gasteiger charge is -2.31. The molecule has 1 aromatic rings. The van der Waals surface area contributed by atoms with Crippen molar-refractivity contribution in [1.82, 2.24) is 10.2 Å². The van der Waals surface area contributed by atoms with Crippen LogP contribution in [-0.2, 0) is 4.79 Å². The van der Waals surface area contributed by atoms with Crippen molar-refractivity contribution in [2.75, 3.05) is 31.5 Å². The van der Waals surface area contributed by atoms with Gasteiger partial charge in [-0.25, -0.2) is 4.39 Å². The summed E-state index contributed by atoms with van der Waals surface area (Å²) in [6.45, 7) is 5.71. The summed E-state index contributed by atoms with van der Waals surface area (Å²) in [6.07, 6.45) is 0.390. The molecule has 104 valence electrons. The minimum Gasteiger partial charge on any atom is -0.324 e. The Morgan fingerprint density at radius 1 is 1.53 bits per heavy atom. The number of piperazine rings is 1. The van der Waals surface area contributed by atoms with E-state index in [1.807, 2.05) is 0 Å². The Labute approximate surface area is 113 Å². The molecule has 0 aromatic heterocycles. The third-order valence-electron chi connectivity index (χ3n) is 3.26. The number of carbonyl (C=O) groups excluding carboxylic acids is 1. The van der Waals surface area contributed by atoms with Crippen molar-refractivity contribution < 1.29 is 9.18 Å². The summed E-state index contributed by atoms with van der Waals surface area (Å²) in [5.74, 6) is -0.539. The molecule has 1 aliphatic heterocycles. The fourth-order valence-electron chi connectivity index (χ4n) is 2.25. The second kappa shape index (κ2) is 6.63. The highest BCUT2D eigenvalue weighted by Gasteiger charge is 2.16. The molecule has 5 heteroatoms. The van der Waals surface area contributed by atoms with Crippen molar-refractivity contribution >= 4 is 11.6 Å². The van der Waals surface area contributed by atoms with Gasteiger partial charge in [-0.3, -0.25) is 4.79 Å². The molecule has 2 N–H and O–H groups in total. The van der Waals surface area contributed by atoms with Gasteiger partial charge in [-0.1, -0.05) is 12.1 Å². The molecule has 19 heavy (non-hydrogen) atoms. The Hall–Kier alpha value is -1.46. The van der Waals surface area contributed by atoms with E-state index < -0.39 is 5.82 Å². The van der Waals surface area contributed by atoms with Crippen LogP contribution in [0.15, 0.2) is 24.3 Å². The maximum Gasteiger partial charge on any atom is 0.225 e. The zero-order valence-corrected chi connectivity index (χ0v) is 11.2. The fraction of sp³-hybridized carbons (Fsp3) is 0.500. The summed E-state index contributed by atoms with van der Waals surface area (Å²) in [4.78, 5) is 14.0. The maximum absolute atomic E-state index is 13.4. The first-order valence-electron chi connectivity index (χ1n) is 6.65. The zero-order chi connectivity index (χ0) is 13.7. The van der Waals surface area contributed by atoms with E-state index in [2.05, 4.69) is 22.5 Å². The summed E-state index contributed by atoms with van der Waals surface area (Å²) in [6, 6.07) is 6.68. The quantitative estimate of drug-likeness (QED) is 0.866. The zero-order valence-electron chi connectivity index (χ0n) is 11.2. The van der Waals surface area contributed by atoms with Gasteiger partial charge in [0.15, 0.2) is 0 Å². The molecule has 4 nitrogen and oxygen atoms in total. The largest absolute Gasteiger partial charge is 0.324 e. The van der Waals surface area contributed by atoms with Gasteiger partial charge in [-0.15, -0.1) is 0 Å². The second-order valence-electron chi connectivity index (χ2n) is 4.93. The number of para-hydroxylation sites is 1. The summed E-state index contributed by atoms with van der Waals surface area (Å²) < 4.78 is 13.4. The first-order valence-corrected chi connectivity index (χ1v) is 6.65. The van der Waals surface area contributed by atoms with Gasteiger partial charge < -0.3 is 15.5 Å². The van der Waals surface area contributed by atoms with Gasteiger partial charge in [0.1, 0.15) is 5.82 Å². The minimum absolute atomic E-state index is 0.142. The molecule has 1 heterocycles. The van der Waals surface area contributed by atoms with Crippen molar-refractivity contribution in [2.45, 2.75) is 19.4 Å². The highest BCUT2D eigenvalue weighted by molar-refractivity contribution is 5.90. The minimum atomic E-state index is -0.397. The van der Waals surface area contributed by atoms with E-state index in [4.69, 9.17) is 0 Å². The number of amides is 1. The van der Waals surface area contributed by atoms with Crippen LogP contribution in [-0.4, -0.2) is 43.0 Å². The molecular formula is C14H20FN3O. The summed E-state index contributed by atoms with van der Waals surface area (Å²) in [5, 5.41) is 5.96. The highest BCUT2D eigenvalue weighted by atomic mass is 19.1. The predicted octanol–water partition coefficient (Wildman–Crippen LogP) is 1.45. The van der Waals surface area contributed by atoms with E-state index in [0.29, 0.717) is 19.0 Å². The van der Waals surface area contributed by atoms with Gasteiger partial charge in [0, 0.05) is 38.6 Å². The summed E-state index contributed by atoms with van der Waals surface area (Å²) in [7, 11) is 0. The average Bonchev–Trinajstić information content (AvgIpc) is 2.39. The van der Waals surface area contributed by atoms with Crippen LogP contribution in [0.2, 0.25) is 0 Å². The van der Waals surface area contributed by atoms with E-state index in [1.54, 1.807) is 18.2 Å². The molecule has 0 radical (unpaired) electrons. The average molecular weight is 265 g/mol. The molecule has 2 rings (SSSR count). The van der Waals surface area contributed by atoms with Crippen molar-refractivity contribution in [3.05, 3.63) is 30.1 Å². The van der Waals surface area contributed by atoms with E-state index in [0.717, 1.165) is 19.6 Å². The number of hydrogen-bond acceptors (Lipinski definition) is 3. The first-order chi connectivity index (χ1) is 9.15. The lowest BCUT2D eigenvalue weighted by atomic mass is 10.2. The van der Waals surface area contributed by atoms with E-state index >= 15 is 0 Å². The molecule has 0 bridgehead atoms. The van der Waals surface area contributed by atoms with Crippen molar-refractivity contribution in [1.29, 1.82) is 0 Å². The molecular weight excluding hydrogens is 245 g/mol. The van der Waals surface area contributed by atoms with Crippen LogP contribution in [0.1, 0.15) is 13.3 Å². The normalized spacial score (nSPS) is 20.2. The number of benzene rings is 1. The Bertz CT molecular complexity index is 438. The molecule has 0 aliphatic carbocycles. The number of halogens is 1. The first kappa shape index (κ1) is 14.0. The Morgan fingerprint density at radius 3 is 3.05 bits per heavy atom. The molecule has 1 aromatic carbocycles. The second-order valence-corrected chi connectivity index (χ2v) is 4.93. The van der Waals surface area contributed by atoms with Crippen molar-refractivity contribution in [2.24, 2.45) is 0 Å². The van der Waals surface area contributed by atoms with Crippen LogP contribution in [0.5, 0.6) is 0 Å². The number of carbonyl (C=O) groups is 1. The summed E-state index contributed by atoms with van der Waals surface area (Å²) in [5.41, 5.74) is 0.251. The molecule has 1 atom stereocenters. The SMILES string of the molecule is C[C@H]1CN(CCC(=O)Nc2ccccc2F)CCN1. The lowest BCUT2D eigenvalue weighted by Crippen LogP contribution is -2.49. The van der Waals surface area contributed by atoms with Crippen molar-refractivity contribution in [3.8, 4) is 0 Å². The standard InChI is InChI=1S/C14H20FN3O/c1-11-10-18(9-7-16-11)8-6-14(19)17-13-5-3-2-4-12(13)15/h2-5,11,16H,6-10H2,1H3,(H,17,19)/t11-/m0/s1. The molecule has 0 spiro atoms. The van der Waals surface area contributed by atoms with Crippen LogP contribution in [0, 0.1) is 5.82 Å². The number of nitrogens with one attached hydrogen (secondary N) is 2. The number of anilines is 1. The lowest BCUT2D eigenvalue weighted by molar-refractivity contribution is -0.116. The Kier molecular flexibility index (Phi) is 4.87. The van der Waals surface area contributed by atoms with Crippen molar-refractivity contribution in [3.63, 3.8) is 0 Å². The van der Waals surface area contributed by atoms with Gasteiger partial charge in [-0.2, -0.15) is 0 Å². The van der Waals surface area contributed by atoms with E-state index in [9.17, 15) is 9.18 Å². The molecule has 1 saturated heterocycles. The topological polar surface area (TPSA) is 44.4 Å². The van der Waals surface area contributed by atoms with E-state index in [1.165, 1.54) is 6.07 Å². The van der Waals surface area contributed by atoms with Crippen LogP contribution in [0.3, 0.4) is 0 Å². The third kappa shape index (κ3) is 4.29. The van der Waals surface area contributed by atoms with Crippen LogP contribution in [0.4, 0.5) is 10.1 Å². The van der Waals surface area contributed by atoms with E-state index in [-0.39, 0.29) is 11.6 Å². The van der Waals surface area contributed by atoms with Gasteiger partial charge >= 0.3 is 0 Å². The molecule has 1 aliphatic rings. The van der Waals surface area contributed by atoms with Gasteiger partial charge in [0.2, 0.25) is 5.91 Å². The van der Waals surface area contributed by atoms with Crippen LogP contribution >= 0.6 is 0 Å². The molecule has 1 fully saturated rings. The van der Waals surface area contributed by atoms with Gasteiger partial charge in [-0.05, 0) is 19.1 Å². The molecule has 0 saturated carbocycles. The number of hydrogen-bond donors (Lipinski definition) is 2. The summed E-state index contributed by atoms with van der Waals surface area (Å²) >= 11 is 0. The fourth-order valence-corrected chi connectivity index (χ4v) is 2.25. The molecule has 0 unspecified atom stereocenters. The van der Waals surface area contributed by atoms with Gasteiger partial charge in [0.25, 0.3) is 0 Å². The Morgan fingerprint density at radius 2 is 2.32 bits per heavy atom. The highest BCUT2D eigenvalue weighted by Crippen LogP contribution is 2.12. The predicted molar refractivity (Wildman–Crippen MR) is 73.6 cm³/mol. The van der Waals surface area contributed by atoms with Crippen LogP contribution in [0.25, 0.3) is 0 Å². The van der Waals surface area contributed by atoms with Gasteiger partial charge in [0.05, 0.1) is 5.69 Å². The van der Waals surface area contributed by atoms with Crippen LogP contribution < -0.4 is 10.6 Å². The number of nitrogens with zero attached hydrogens (tertiary/aromatic N) is 1. The Balaban J connectivity index is 1.77. The number of rotatable bonds is 4. The smallest absolute Gasteiger partial charge is 0.225 e. The monoisotopic (exact) mass is 265 g/mol. The third-order valence-corrected chi connectivity index (χ3v) is 3.26. The maximum atomic E-state index is 13.4.